The third-order valence-electron chi connectivity index (χ3n) is 5.42. The molecule has 0 N–H and O–H groups in total. The van der Waals surface area contributed by atoms with Crippen molar-refractivity contribution in [3.05, 3.63) is 82.1 Å². The van der Waals surface area contributed by atoms with Crippen molar-refractivity contribution < 1.29 is 27.5 Å². The Bertz CT molecular complexity index is 1150. The molecule has 1 atom stereocenters. The van der Waals surface area contributed by atoms with Crippen LogP contribution in [0, 0.1) is 11.3 Å². The number of carbonyl (C=O) groups is 2. The number of ether oxygens (including phenoxy) is 1. The number of carbonyl (C=O) groups excluding carboxylic acids is 2. The molecule has 0 radical (unpaired) electrons. The van der Waals surface area contributed by atoms with E-state index < -0.39 is 35.6 Å². The van der Waals surface area contributed by atoms with Crippen molar-refractivity contribution in [1.29, 1.82) is 5.26 Å². The van der Waals surface area contributed by atoms with Crippen LogP contribution in [0.1, 0.15) is 55.4 Å². The average Bonchev–Trinajstić information content (AvgIpc) is 2.75. The van der Waals surface area contributed by atoms with E-state index in [2.05, 4.69) is 0 Å². The number of rotatable bonds is 5. The molecule has 1 heterocycles. The van der Waals surface area contributed by atoms with Gasteiger partial charge in [0.25, 0.3) is 0 Å². The normalized spacial score (nSPS) is 16.7. The standard InChI is InChI=1S/C25H23F3N2O3/c1-15(2)33-24(32)23-16(3)30(14-18-8-6-7-17(11-18)13-29)22(31)12-20(23)19-9-4-5-10-21(19)25(26,27)28/h4-11,15,20H,12,14H2,1-3H3. The number of nitriles is 1. The zero-order chi connectivity index (χ0) is 24.3. The third-order valence-corrected chi connectivity index (χ3v) is 5.42. The molecular weight excluding hydrogens is 433 g/mol. The highest BCUT2D eigenvalue weighted by Gasteiger charge is 2.42. The van der Waals surface area contributed by atoms with Crippen LogP contribution in [-0.4, -0.2) is 22.9 Å². The highest BCUT2D eigenvalue weighted by Crippen LogP contribution is 2.43. The monoisotopic (exact) mass is 456 g/mol. The lowest BCUT2D eigenvalue weighted by atomic mass is 9.81. The van der Waals surface area contributed by atoms with Gasteiger partial charge in [-0.15, -0.1) is 0 Å². The van der Waals surface area contributed by atoms with Gasteiger partial charge in [-0.3, -0.25) is 4.79 Å². The summed E-state index contributed by atoms with van der Waals surface area (Å²) in [6.45, 7) is 4.90. The minimum Gasteiger partial charge on any atom is -0.460 e. The molecule has 2 aromatic carbocycles. The Hall–Kier alpha value is -3.60. The molecule has 0 bridgehead atoms. The number of nitrogens with zero attached hydrogens (tertiary/aromatic N) is 2. The van der Waals surface area contributed by atoms with Crippen LogP contribution in [0.3, 0.4) is 0 Å². The maximum absolute atomic E-state index is 13.7. The van der Waals surface area contributed by atoms with Gasteiger partial charge in [0.05, 0.1) is 35.4 Å². The summed E-state index contributed by atoms with van der Waals surface area (Å²) in [7, 11) is 0. The van der Waals surface area contributed by atoms with Crippen LogP contribution in [0.25, 0.3) is 0 Å². The number of benzene rings is 2. The lowest BCUT2D eigenvalue weighted by Crippen LogP contribution is -2.38. The molecule has 0 saturated heterocycles. The van der Waals surface area contributed by atoms with Crippen LogP contribution in [0.2, 0.25) is 0 Å². The van der Waals surface area contributed by atoms with Gasteiger partial charge >= 0.3 is 12.1 Å². The first-order valence-corrected chi connectivity index (χ1v) is 10.4. The van der Waals surface area contributed by atoms with E-state index in [1.54, 1.807) is 38.1 Å². The summed E-state index contributed by atoms with van der Waals surface area (Å²) in [5, 5.41) is 9.13. The van der Waals surface area contributed by atoms with Gasteiger partial charge < -0.3 is 9.64 Å². The predicted molar refractivity (Wildman–Crippen MR) is 114 cm³/mol. The van der Waals surface area contributed by atoms with Crippen LogP contribution in [0.4, 0.5) is 13.2 Å². The van der Waals surface area contributed by atoms with E-state index in [-0.39, 0.29) is 29.8 Å². The fourth-order valence-corrected chi connectivity index (χ4v) is 3.99. The van der Waals surface area contributed by atoms with Gasteiger partial charge in [0.2, 0.25) is 5.91 Å². The van der Waals surface area contributed by atoms with E-state index in [0.29, 0.717) is 11.1 Å². The Labute approximate surface area is 190 Å². The summed E-state index contributed by atoms with van der Waals surface area (Å²) in [6, 6.07) is 13.7. The summed E-state index contributed by atoms with van der Waals surface area (Å²) in [4.78, 5) is 27.5. The molecule has 1 amide bonds. The van der Waals surface area contributed by atoms with E-state index in [9.17, 15) is 22.8 Å². The van der Waals surface area contributed by atoms with Gasteiger partial charge in [0, 0.05) is 18.0 Å². The second-order valence-electron chi connectivity index (χ2n) is 8.09. The van der Waals surface area contributed by atoms with Crippen LogP contribution >= 0.6 is 0 Å². The van der Waals surface area contributed by atoms with E-state index in [1.807, 2.05) is 6.07 Å². The van der Waals surface area contributed by atoms with Crippen molar-refractivity contribution in [3.8, 4) is 6.07 Å². The topological polar surface area (TPSA) is 70.4 Å². The smallest absolute Gasteiger partial charge is 0.416 e. The molecule has 0 spiro atoms. The number of amides is 1. The molecule has 2 aromatic rings. The van der Waals surface area contributed by atoms with Crippen molar-refractivity contribution in [2.75, 3.05) is 0 Å². The van der Waals surface area contributed by atoms with Crippen molar-refractivity contribution in [2.24, 2.45) is 0 Å². The van der Waals surface area contributed by atoms with Crippen molar-refractivity contribution in [1.82, 2.24) is 4.90 Å². The number of hydrogen-bond donors (Lipinski definition) is 0. The van der Waals surface area contributed by atoms with Crippen molar-refractivity contribution in [2.45, 2.75) is 51.9 Å². The fraction of sp³-hybridized carbons (Fsp3) is 0.320. The van der Waals surface area contributed by atoms with Crippen LogP contribution < -0.4 is 0 Å². The van der Waals surface area contributed by atoms with Crippen molar-refractivity contribution >= 4 is 11.9 Å². The third kappa shape index (κ3) is 5.25. The lowest BCUT2D eigenvalue weighted by Gasteiger charge is -2.35. The summed E-state index contributed by atoms with van der Waals surface area (Å²) < 4.78 is 46.5. The minimum absolute atomic E-state index is 0.0245. The predicted octanol–water partition coefficient (Wildman–Crippen LogP) is 5.32. The molecule has 1 aliphatic heterocycles. The maximum atomic E-state index is 13.7. The first-order valence-electron chi connectivity index (χ1n) is 10.4. The number of esters is 1. The largest absolute Gasteiger partial charge is 0.460 e. The Balaban J connectivity index is 2.12. The molecular formula is C25H23F3N2O3. The van der Waals surface area contributed by atoms with E-state index in [4.69, 9.17) is 10.00 Å². The molecule has 0 aliphatic carbocycles. The first kappa shape index (κ1) is 24.1. The fourth-order valence-electron chi connectivity index (χ4n) is 3.99. The highest BCUT2D eigenvalue weighted by molar-refractivity contribution is 5.96. The quantitative estimate of drug-likeness (QED) is 0.571. The second kappa shape index (κ2) is 9.49. The molecule has 33 heavy (non-hydrogen) atoms. The Morgan fingerprint density at radius 3 is 2.55 bits per heavy atom. The van der Waals surface area contributed by atoms with Gasteiger partial charge in [0.1, 0.15) is 0 Å². The van der Waals surface area contributed by atoms with Gasteiger partial charge in [-0.25, -0.2) is 4.79 Å². The summed E-state index contributed by atoms with van der Waals surface area (Å²) in [5.41, 5.74) is 0.306. The molecule has 8 heteroatoms. The summed E-state index contributed by atoms with van der Waals surface area (Å²) >= 11 is 0. The average molecular weight is 456 g/mol. The van der Waals surface area contributed by atoms with Crippen LogP contribution in [0.15, 0.2) is 59.8 Å². The Morgan fingerprint density at radius 1 is 1.21 bits per heavy atom. The Kier molecular flexibility index (Phi) is 6.92. The highest BCUT2D eigenvalue weighted by atomic mass is 19.4. The molecule has 172 valence electrons. The van der Waals surface area contributed by atoms with Crippen LogP contribution in [-0.2, 0) is 27.0 Å². The molecule has 1 aliphatic rings. The number of allylic oxidation sites excluding steroid dienone is 1. The van der Waals surface area contributed by atoms with Gasteiger partial charge in [0.15, 0.2) is 0 Å². The molecule has 5 nitrogen and oxygen atoms in total. The molecule has 0 saturated carbocycles. The zero-order valence-corrected chi connectivity index (χ0v) is 18.4. The van der Waals surface area contributed by atoms with Gasteiger partial charge in [-0.1, -0.05) is 30.3 Å². The minimum atomic E-state index is -4.64. The number of hydrogen-bond acceptors (Lipinski definition) is 4. The second-order valence-corrected chi connectivity index (χ2v) is 8.09. The van der Waals surface area contributed by atoms with Gasteiger partial charge in [-0.05, 0) is 50.1 Å². The van der Waals surface area contributed by atoms with E-state index in [0.717, 1.165) is 6.07 Å². The molecule has 3 rings (SSSR count). The summed E-state index contributed by atoms with van der Waals surface area (Å²) in [5.74, 6) is -2.27. The zero-order valence-electron chi connectivity index (χ0n) is 18.4. The number of alkyl halides is 3. The number of halogens is 3. The maximum Gasteiger partial charge on any atom is 0.416 e. The summed E-state index contributed by atoms with van der Waals surface area (Å²) in [6.07, 6.45) is -5.45. The molecule has 0 aromatic heterocycles. The van der Waals surface area contributed by atoms with Gasteiger partial charge in [-0.2, -0.15) is 18.4 Å². The van der Waals surface area contributed by atoms with E-state index >= 15 is 0 Å². The van der Waals surface area contributed by atoms with Crippen molar-refractivity contribution in [3.63, 3.8) is 0 Å². The first-order chi connectivity index (χ1) is 15.5. The van der Waals surface area contributed by atoms with Crippen LogP contribution in [0.5, 0.6) is 0 Å². The SMILES string of the molecule is CC1=C(C(=O)OC(C)C)C(c2ccccc2C(F)(F)F)CC(=O)N1Cc1cccc(C#N)c1. The lowest BCUT2D eigenvalue weighted by molar-refractivity contribution is -0.145. The molecule has 1 unspecified atom stereocenters. The molecule has 0 fully saturated rings. The van der Waals surface area contributed by atoms with E-state index in [1.165, 1.54) is 30.0 Å². The Morgan fingerprint density at radius 2 is 1.91 bits per heavy atom.